The smallest absolute Gasteiger partial charge is 0.0184 e. The predicted octanol–water partition coefficient (Wildman–Crippen LogP) is 6.42. The largest absolute Gasteiger partial charge is 0.0836 e. The van der Waals surface area contributed by atoms with Gasteiger partial charge in [-0.1, -0.05) is 86.2 Å². The van der Waals surface area contributed by atoms with E-state index in [2.05, 4.69) is 73.7 Å². The number of hydrogen-bond donors (Lipinski definition) is 0. The van der Waals surface area contributed by atoms with Gasteiger partial charge in [-0.2, -0.15) is 0 Å². The van der Waals surface area contributed by atoms with Gasteiger partial charge in [0.05, 0.1) is 0 Å². The molecule has 0 unspecified atom stereocenters. The Morgan fingerprint density at radius 2 is 1.19 bits per heavy atom. The summed E-state index contributed by atoms with van der Waals surface area (Å²) in [5.74, 6) is 0. The zero-order chi connectivity index (χ0) is 15.1. The van der Waals surface area contributed by atoms with Gasteiger partial charge in [-0.05, 0) is 42.0 Å². The van der Waals surface area contributed by atoms with E-state index in [-0.39, 0.29) is 0 Å². The van der Waals surface area contributed by atoms with Crippen molar-refractivity contribution in [3.63, 3.8) is 0 Å². The van der Waals surface area contributed by atoms with Crippen LogP contribution in [0, 0.1) is 6.92 Å². The monoisotopic (exact) mass is 276 g/mol. The average Bonchev–Trinajstić information content (AvgIpc) is 2.58. The van der Waals surface area contributed by atoms with Gasteiger partial charge in [0.25, 0.3) is 0 Å². The Balaban J connectivity index is 0.000000774. The van der Waals surface area contributed by atoms with Gasteiger partial charge in [-0.3, -0.25) is 0 Å². The maximum absolute atomic E-state index is 2.32. The molecule has 1 aliphatic rings. The maximum atomic E-state index is 2.32. The lowest BCUT2D eigenvalue weighted by Crippen LogP contribution is -1.86. The molecule has 0 N–H and O–H groups in total. The Bertz CT molecular complexity index is 610. The quantitative estimate of drug-likeness (QED) is 0.593. The van der Waals surface area contributed by atoms with Gasteiger partial charge in [0.2, 0.25) is 0 Å². The summed E-state index contributed by atoms with van der Waals surface area (Å²) < 4.78 is 0. The number of rotatable bonds is 2. The third-order valence-corrected chi connectivity index (χ3v) is 3.60. The van der Waals surface area contributed by atoms with Crippen LogP contribution in [0.15, 0.2) is 66.8 Å². The Morgan fingerprint density at radius 3 is 1.71 bits per heavy atom. The summed E-state index contributed by atoms with van der Waals surface area (Å²) in [6, 6.07) is 17.6. The molecule has 2 aromatic carbocycles. The molecule has 0 saturated heterocycles. The van der Waals surface area contributed by atoms with E-state index in [1.54, 1.807) is 0 Å². The molecular formula is C21H24. The Morgan fingerprint density at radius 1 is 0.667 bits per heavy atom. The van der Waals surface area contributed by atoms with Gasteiger partial charge in [-0.15, -0.1) is 0 Å². The molecular weight excluding hydrogens is 252 g/mol. The Labute approximate surface area is 128 Å². The SMILES string of the molecule is CC.Cc1ccc(-c2ccc(C3=CCCC=C3)cc2)cc1. The summed E-state index contributed by atoms with van der Waals surface area (Å²) in [7, 11) is 0. The first-order valence-corrected chi connectivity index (χ1v) is 7.87. The summed E-state index contributed by atoms with van der Waals surface area (Å²) in [6.07, 6.45) is 9.13. The second-order valence-corrected chi connectivity index (χ2v) is 5.08. The van der Waals surface area contributed by atoms with Gasteiger partial charge in [0.1, 0.15) is 0 Å². The molecule has 0 atom stereocenters. The minimum absolute atomic E-state index is 1.16. The molecule has 0 amide bonds. The van der Waals surface area contributed by atoms with E-state index in [1.807, 2.05) is 13.8 Å². The molecule has 0 radical (unpaired) electrons. The lowest BCUT2D eigenvalue weighted by Gasteiger charge is -2.08. The van der Waals surface area contributed by atoms with Crippen molar-refractivity contribution in [1.82, 2.24) is 0 Å². The van der Waals surface area contributed by atoms with Crippen molar-refractivity contribution < 1.29 is 0 Å². The summed E-state index contributed by atoms with van der Waals surface area (Å²) in [5, 5.41) is 0. The van der Waals surface area contributed by atoms with Crippen LogP contribution in [0.2, 0.25) is 0 Å². The van der Waals surface area contributed by atoms with Crippen LogP contribution in [0.5, 0.6) is 0 Å². The predicted molar refractivity (Wildman–Crippen MR) is 94.3 cm³/mol. The first kappa shape index (κ1) is 15.3. The number of hydrogen-bond acceptors (Lipinski definition) is 0. The van der Waals surface area contributed by atoms with Crippen molar-refractivity contribution in [2.75, 3.05) is 0 Å². The van der Waals surface area contributed by atoms with Crippen LogP contribution < -0.4 is 0 Å². The Kier molecular flexibility index (Phi) is 5.57. The van der Waals surface area contributed by atoms with Gasteiger partial charge < -0.3 is 0 Å². The minimum Gasteiger partial charge on any atom is -0.0836 e. The number of allylic oxidation sites excluding steroid dienone is 4. The molecule has 0 heterocycles. The van der Waals surface area contributed by atoms with Gasteiger partial charge in [0.15, 0.2) is 0 Å². The molecule has 0 fully saturated rings. The molecule has 0 spiro atoms. The molecule has 0 saturated carbocycles. The fourth-order valence-corrected chi connectivity index (χ4v) is 2.43. The van der Waals surface area contributed by atoms with Crippen LogP contribution >= 0.6 is 0 Å². The Hall–Kier alpha value is -2.08. The van der Waals surface area contributed by atoms with Gasteiger partial charge >= 0.3 is 0 Å². The third-order valence-electron chi connectivity index (χ3n) is 3.60. The third kappa shape index (κ3) is 3.95. The molecule has 108 valence electrons. The van der Waals surface area contributed by atoms with Gasteiger partial charge in [0, 0.05) is 0 Å². The van der Waals surface area contributed by atoms with E-state index in [9.17, 15) is 0 Å². The molecule has 0 aliphatic heterocycles. The van der Waals surface area contributed by atoms with Crippen LogP contribution in [-0.2, 0) is 0 Å². The lowest BCUT2D eigenvalue weighted by atomic mass is 9.97. The zero-order valence-corrected chi connectivity index (χ0v) is 13.3. The summed E-state index contributed by atoms with van der Waals surface area (Å²) >= 11 is 0. The zero-order valence-electron chi connectivity index (χ0n) is 13.3. The van der Waals surface area contributed by atoms with Crippen molar-refractivity contribution in [2.24, 2.45) is 0 Å². The molecule has 21 heavy (non-hydrogen) atoms. The van der Waals surface area contributed by atoms with Crippen LogP contribution in [0.3, 0.4) is 0 Å². The highest BCUT2D eigenvalue weighted by Crippen LogP contribution is 2.25. The first-order valence-electron chi connectivity index (χ1n) is 7.87. The molecule has 3 rings (SSSR count). The second-order valence-electron chi connectivity index (χ2n) is 5.08. The van der Waals surface area contributed by atoms with Crippen molar-refractivity contribution >= 4 is 5.57 Å². The number of benzene rings is 2. The van der Waals surface area contributed by atoms with E-state index in [4.69, 9.17) is 0 Å². The summed E-state index contributed by atoms with van der Waals surface area (Å²) in [6.45, 7) is 6.12. The van der Waals surface area contributed by atoms with E-state index >= 15 is 0 Å². The first-order chi connectivity index (χ1) is 10.3. The molecule has 2 aromatic rings. The topological polar surface area (TPSA) is 0 Å². The number of aryl methyl sites for hydroxylation is 1. The van der Waals surface area contributed by atoms with Crippen molar-refractivity contribution in [1.29, 1.82) is 0 Å². The standard InChI is InChI=1S/C19H18.C2H6/c1-15-7-9-17(10-8-15)19-13-11-18(12-14-19)16-5-3-2-4-6-16;1-2/h3,5-14H,2,4H2,1H3;1-2H3. The van der Waals surface area contributed by atoms with E-state index in [0.29, 0.717) is 0 Å². The molecule has 0 heteroatoms. The van der Waals surface area contributed by atoms with Crippen LogP contribution in [0.25, 0.3) is 16.7 Å². The van der Waals surface area contributed by atoms with E-state index < -0.39 is 0 Å². The maximum Gasteiger partial charge on any atom is -0.0184 e. The van der Waals surface area contributed by atoms with Crippen molar-refractivity contribution in [3.8, 4) is 11.1 Å². The highest BCUT2D eigenvalue weighted by Gasteiger charge is 2.02. The van der Waals surface area contributed by atoms with Crippen molar-refractivity contribution in [2.45, 2.75) is 33.6 Å². The minimum atomic E-state index is 1.16. The van der Waals surface area contributed by atoms with E-state index in [1.165, 1.54) is 34.2 Å². The van der Waals surface area contributed by atoms with Crippen LogP contribution in [0.4, 0.5) is 0 Å². The fraction of sp³-hybridized carbons (Fsp3) is 0.238. The normalized spacial score (nSPS) is 13.2. The van der Waals surface area contributed by atoms with Crippen LogP contribution in [-0.4, -0.2) is 0 Å². The fourth-order valence-electron chi connectivity index (χ4n) is 2.43. The van der Waals surface area contributed by atoms with Crippen molar-refractivity contribution in [3.05, 3.63) is 77.9 Å². The summed E-state index contributed by atoms with van der Waals surface area (Å²) in [4.78, 5) is 0. The summed E-state index contributed by atoms with van der Waals surface area (Å²) in [5.41, 5.74) is 6.53. The molecule has 0 bridgehead atoms. The highest BCUT2D eigenvalue weighted by molar-refractivity contribution is 5.76. The second kappa shape index (κ2) is 7.64. The molecule has 1 aliphatic carbocycles. The highest BCUT2D eigenvalue weighted by atomic mass is 14.1. The molecule has 0 aromatic heterocycles. The van der Waals surface area contributed by atoms with E-state index in [0.717, 1.165) is 6.42 Å². The van der Waals surface area contributed by atoms with Crippen LogP contribution in [0.1, 0.15) is 37.8 Å². The average molecular weight is 276 g/mol. The molecule has 0 nitrogen and oxygen atoms in total. The van der Waals surface area contributed by atoms with Gasteiger partial charge in [-0.25, -0.2) is 0 Å². The lowest BCUT2D eigenvalue weighted by molar-refractivity contribution is 1.04.